The number of halogens is 2. The van der Waals surface area contributed by atoms with E-state index in [-0.39, 0.29) is 24.2 Å². The van der Waals surface area contributed by atoms with Crippen LogP contribution in [0.25, 0.3) is 0 Å². The minimum atomic E-state index is -1.23. The largest absolute Gasteiger partial charge is 0.448 e. The normalized spacial score (nSPS) is 25.3. The molecule has 0 bridgehead atoms. The molecule has 1 amide bonds. The second-order valence-corrected chi connectivity index (χ2v) is 8.60. The molecule has 0 N–H and O–H groups in total. The van der Waals surface area contributed by atoms with Gasteiger partial charge in [0.15, 0.2) is 0 Å². The highest BCUT2D eigenvalue weighted by molar-refractivity contribution is 6.30. The molecule has 2 saturated heterocycles. The number of rotatable bonds is 3. The van der Waals surface area contributed by atoms with Crippen LogP contribution in [0.4, 0.5) is 5.95 Å². The molecule has 2 aromatic carbocycles. The number of aromatic nitrogens is 2. The van der Waals surface area contributed by atoms with Gasteiger partial charge in [0.25, 0.3) is 5.91 Å². The third-order valence-electron chi connectivity index (χ3n) is 5.81. The Morgan fingerprint density at radius 1 is 0.935 bits per heavy atom. The van der Waals surface area contributed by atoms with Gasteiger partial charge in [0.1, 0.15) is 0 Å². The first-order valence-corrected chi connectivity index (χ1v) is 10.6. The van der Waals surface area contributed by atoms with Crippen molar-refractivity contribution in [3.05, 3.63) is 88.2 Å². The lowest BCUT2D eigenvalue weighted by molar-refractivity contribution is -0.199. The monoisotopic (exact) mass is 453 g/mol. The molecule has 3 heterocycles. The smallest absolute Gasteiger partial charge is 0.311 e. The fraction of sp³-hybridized carbons (Fsp3) is 0.217. The average molecular weight is 454 g/mol. The number of ether oxygens (including phenoxy) is 1. The predicted molar refractivity (Wildman–Crippen MR) is 116 cm³/mol. The van der Waals surface area contributed by atoms with Gasteiger partial charge in [0, 0.05) is 34.8 Å². The van der Waals surface area contributed by atoms with Crippen molar-refractivity contribution in [3.63, 3.8) is 0 Å². The fourth-order valence-electron chi connectivity index (χ4n) is 4.47. The number of nitrogens with zero attached hydrogens (tertiary/aromatic N) is 3. The van der Waals surface area contributed by atoms with Gasteiger partial charge in [-0.2, -0.15) is 0 Å². The Labute approximate surface area is 188 Å². The summed E-state index contributed by atoms with van der Waals surface area (Å²) >= 11 is 12.4. The molecule has 2 fully saturated rings. The van der Waals surface area contributed by atoms with Gasteiger partial charge in [-0.1, -0.05) is 47.5 Å². The van der Waals surface area contributed by atoms with E-state index in [1.54, 1.807) is 41.6 Å². The molecule has 5 rings (SSSR count). The number of hydrogen-bond donors (Lipinski definition) is 0. The summed E-state index contributed by atoms with van der Waals surface area (Å²) in [6.45, 7) is 0. The molecule has 0 aliphatic carbocycles. The SMILES string of the molecule is O=C1CC2(CC(c3cccc(Cl)c3)C(c3ccc(Cl)cc3)N(c3ncccn3)C2=O)O1. The highest BCUT2D eigenvalue weighted by atomic mass is 35.5. The van der Waals surface area contributed by atoms with Gasteiger partial charge in [0.2, 0.25) is 11.5 Å². The third kappa shape index (κ3) is 3.46. The molecule has 1 aromatic heterocycles. The van der Waals surface area contributed by atoms with Gasteiger partial charge >= 0.3 is 5.97 Å². The van der Waals surface area contributed by atoms with E-state index in [2.05, 4.69) is 9.97 Å². The first-order chi connectivity index (χ1) is 15.0. The third-order valence-corrected chi connectivity index (χ3v) is 6.30. The molecular formula is C23H17Cl2N3O3. The van der Waals surface area contributed by atoms with Crippen LogP contribution in [-0.2, 0) is 14.3 Å². The number of esters is 1. The van der Waals surface area contributed by atoms with Crippen LogP contribution in [0.3, 0.4) is 0 Å². The van der Waals surface area contributed by atoms with E-state index in [1.807, 2.05) is 30.3 Å². The molecule has 2 aliphatic heterocycles. The van der Waals surface area contributed by atoms with Gasteiger partial charge in [-0.05, 0) is 41.5 Å². The maximum Gasteiger partial charge on any atom is 0.311 e. The quantitative estimate of drug-likeness (QED) is 0.535. The van der Waals surface area contributed by atoms with Gasteiger partial charge in [-0.25, -0.2) is 9.97 Å². The summed E-state index contributed by atoms with van der Waals surface area (Å²) in [5, 5.41) is 1.18. The summed E-state index contributed by atoms with van der Waals surface area (Å²) in [4.78, 5) is 35.7. The molecule has 2 aliphatic rings. The van der Waals surface area contributed by atoms with E-state index in [0.717, 1.165) is 11.1 Å². The van der Waals surface area contributed by atoms with Crippen LogP contribution in [0.5, 0.6) is 0 Å². The van der Waals surface area contributed by atoms with E-state index in [0.29, 0.717) is 16.5 Å². The zero-order valence-corrected chi connectivity index (χ0v) is 17.8. The minimum absolute atomic E-state index is 0.0274. The van der Waals surface area contributed by atoms with E-state index in [4.69, 9.17) is 27.9 Å². The molecule has 0 saturated carbocycles. The lowest BCUT2D eigenvalue weighted by Crippen LogP contribution is -2.65. The first kappa shape index (κ1) is 20.0. The van der Waals surface area contributed by atoms with Crippen molar-refractivity contribution in [3.8, 4) is 0 Å². The fourth-order valence-corrected chi connectivity index (χ4v) is 4.79. The van der Waals surface area contributed by atoms with Crippen LogP contribution in [-0.4, -0.2) is 27.4 Å². The molecule has 3 atom stereocenters. The van der Waals surface area contributed by atoms with Gasteiger partial charge in [-0.15, -0.1) is 0 Å². The van der Waals surface area contributed by atoms with Crippen molar-refractivity contribution in [1.82, 2.24) is 9.97 Å². The van der Waals surface area contributed by atoms with Crippen LogP contribution in [0.15, 0.2) is 67.0 Å². The number of piperidine rings is 1. The average Bonchev–Trinajstić information content (AvgIpc) is 2.75. The van der Waals surface area contributed by atoms with Crippen molar-refractivity contribution in [1.29, 1.82) is 0 Å². The Morgan fingerprint density at radius 2 is 1.65 bits per heavy atom. The van der Waals surface area contributed by atoms with Crippen LogP contribution in [0.2, 0.25) is 10.0 Å². The standard InChI is InChI=1S/C23H17Cl2N3O3/c24-16-7-5-14(6-8-16)20-18(15-3-1-4-17(25)11-15)12-23(13-19(29)31-23)21(30)28(20)22-26-9-2-10-27-22/h1-11,18,20H,12-13H2. The predicted octanol–water partition coefficient (Wildman–Crippen LogP) is 4.73. The molecule has 6 nitrogen and oxygen atoms in total. The number of carbonyl (C=O) groups excluding carboxylic acids is 2. The molecule has 31 heavy (non-hydrogen) atoms. The second kappa shape index (κ2) is 7.62. The molecule has 156 valence electrons. The van der Waals surface area contributed by atoms with Crippen LogP contribution in [0, 0.1) is 0 Å². The number of amides is 1. The highest BCUT2D eigenvalue weighted by Crippen LogP contribution is 2.52. The highest BCUT2D eigenvalue weighted by Gasteiger charge is 2.61. The van der Waals surface area contributed by atoms with Crippen molar-refractivity contribution >= 4 is 41.0 Å². The Hall–Kier alpha value is -2.96. The molecule has 3 aromatic rings. The summed E-state index contributed by atoms with van der Waals surface area (Å²) in [7, 11) is 0. The number of carbonyl (C=O) groups is 2. The van der Waals surface area contributed by atoms with Gasteiger partial charge < -0.3 is 4.74 Å². The number of anilines is 1. The second-order valence-electron chi connectivity index (χ2n) is 7.73. The summed E-state index contributed by atoms with van der Waals surface area (Å²) in [5.74, 6) is -0.676. The van der Waals surface area contributed by atoms with Crippen LogP contribution in [0.1, 0.15) is 35.9 Å². The molecule has 1 spiro atoms. The van der Waals surface area contributed by atoms with Crippen LogP contribution < -0.4 is 4.90 Å². The van der Waals surface area contributed by atoms with E-state index >= 15 is 0 Å². The molecular weight excluding hydrogens is 437 g/mol. The van der Waals surface area contributed by atoms with E-state index < -0.39 is 17.6 Å². The summed E-state index contributed by atoms with van der Waals surface area (Å²) in [6, 6.07) is 16.1. The number of hydrogen-bond acceptors (Lipinski definition) is 5. The summed E-state index contributed by atoms with van der Waals surface area (Å²) < 4.78 is 5.48. The Balaban J connectivity index is 1.70. The number of benzene rings is 2. The summed E-state index contributed by atoms with van der Waals surface area (Å²) in [5.41, 5.74) is 0.575. The van der Waals surface area contributed by atoms with E-state index in [1.165, 1.54) is 0 Å². The maximum atomic E-state index is 13.7. The van der Waals surface area contributed by atoms with Crippen LogP contribution >= 0.6 is 23.2 Å². The Kier molecular flexibility index (Phi) is 4.91. The maximum absolute atomic E-state index is 13.7. The lowest BCUT2D eigenvalue weighted by atomic mass is 9.71. The Morgan fingerprint density at radius 3 is 2.29 bits per heavy atom. The summed E-state index contributed by atoms with van der Waals surface area (Å²) in [6.07, 6.45) is 3.53. The lowest BCUT2D eigenvalue weighted by Gasteiger charge is -2.51. The van der Waals surface area contributed by atoms with Gasteiger partial charge in [0.05, 0.1) is 12.5 Å². The molecule has 3 unspecified atom stereocenters. The zero-order chi connectivity index (χ0) is 21.6. The Bertz CT molecular complexity index is 1150. The van der Waals surface area contributed by atoms with Crippen molar-refractivity contribution in [2.75, 3.05) is 4.90 Å². The topological polar surface area (TPSA) is 72.4 Å². The first-order valence-electron chi connectivity index (χ1n) is 9.80. The van der Waals surface area contributed by atoms with Crippen molar-refractivity contribution in [2.45, 2.75) is 30.4 Å². The molecule has 0 radical (unpaired) electrons. The molecule has 8 heteroatoms. The zero-order valence-electron chi connectivity index (χ0n) is 16.2. The van der Waals surface area contributed by atoms with Crippen molar-refractivity contribution < 1.29 is 14.3 Å². The minimum Gasteiger partial charge on any atom is -0.448 e. The van der Waals surface area contributed by atoms with Crippen molar-refractivity contribution in [2.24, 2.45) is 0 Å². The van der Waals surface area contributed by atoms with E-state index in [9.17, 15) is 9.59 Å². The van der Waals surface area contributed by atoms with Gasteiger partial charge in [-0.3, -0.25) is 14.5 Å².